The first kappa shape index (κ1) is 16.4. The average molecular weight is 353 g/mol. The van der Waals surface area contributed by atoms with Crippen LogP contribution in [-0.4, -0.2) is 52.4 Å². The SMILES string of the molecule is Cc1nnnn1Cc1ccc(C(=O)N2CCn3nc(CO)cc3C2)cc1. The second kappa shape index (κ2) is 6.68. The van der Waals surface area contributed by atoms with E-state index >= 15 is 0 Å². The monoisotopic (exact) mass is 353 g/mol. The van der Waals surface area contributed by atoms with Crippen LogP contribution in [0.4, 0.5) is 0 Å². The molecule has 0 saturated heterocycles. The summed E-state index contributed by atoms with van der Waals surface area (Å²) >= 11 is 0. The molecule has 9 heteroatoms. The Morgan fingerprint density at radius 2 is 2.04 bits per heavy atom. The van der Waals surface area contributed by atoms with E-state index in [0.717, 1.165) is 17.1 Å². The first-order valence-corrected chi connectivity index (χ1v) is 8.41. The summed E-state index contributed by atoms with van der Waals surface area (Å²) in [5, 5.41) is 24.9. The number of fused-ring (bicyclic) bond motifs is 1. The van der Waals surface area contributed by atoms with Gasteiger partial charge in [-0.2, -0.15) is 5.10 Å². The molecular weight excluding hydrogens is 334 g/mol. The summed E-state index contributed by atoms with van der Waals surface area (Å²) in [6.45, 7) is 4.07. The third-order valence-corrected chi connectivity index (χ3v) is 4.54. The topological polar surface area (TPSA) is 102 Å². The highest BCUT2D eigenvalue weighted by atomic mass is 16.3. The molecule has 134 valence electrons. The predicted octanol–water partition coefficient (Wildman–Crippen LogP) is 0.375. The summed E-state index contributed by atoms with van der Waals surface area (Å²) in [5.41, 5.74) is 3.26. The quantitative estimate of drug-likeness (QED) is 0.727. The molecule has 0 fully saturated rings. The summed E-state index contributed by atoms with van der Waals surface area (Å²) in [7, 11) is 0. The third kappa shape index (κ3) is 3.08. The van der Waals surface area contributed by atoms with Crippen molar-refractivity contribution < 1.29 is 9.90 Å². The molecule has 0 saturated carbocycles. The molecule has 26 heavy (non-hydrogen) atoms. The third-order valence-electron chi connectivity index (χ3n) is 4.54. The number of amides is 1. The number of hydrogen-bond acceptors (Lipinski definition) is 6. The number of aliphatic hydroxyl groups excluding tert-OH is 1. The zero-order chi connectivity index (χ0) is 18.1. The maximum absolute atomic E-state index is 12.8. The Hall–Kier alpha value is -3.07. The van der Waals surface area contributed by atoms with E-state index in [4.69, 9.17) is 0 Å². The standard InChI is InChI=1S/C17H19N7O2/c1-12-18-20-21-24(12)9-13-2-4-14(5-3-13)17(26)22-6-7-23-16(10-22)8-15(11-25)19-23/h2-5,8,25H,6-7,9-11H2,1H3. The Bertz CT molecular complexity index is 929. The molecule has 0 atom stereocenters. The first-order chi connectivity index (χ1) is 12.6. The van der Waals surface area contributed by atoms with Gasteiger partial charge in [-0.05, 0) is 41.1 Å². The van der Waals surface area contributed by atoms with Crippen LogP contribution in [0.15, 0.2) is 30.3 Å². The van der Waals surface area contributed by atoms with Crippen LogP contribution in [0.3, 0.4) is 0 Å². The van der Waals surface area contributed by atoms with E-state index in [1.165, 1.54) is 0 Å². The molecule has 1 aromatic carbocycles. The van der Waals surface area contributed by atoms with Gasteiger partial charge < -0.3 is 10.0 Å². The summed E-state index contributed by atoms with van der Waals surface area (Å²) in [6.07, 6.45) is 0. The van der Waals surface area contributed by atoms with Crippen molar-refractivity contribution >= 4 is 5.91 Å². The summed E-state index contributed by atoms with van der Waals surface area (Å²) in [4.78, 5) is 14.6. The molecule has 1 aliphatic rings. The lowest BCUT2D eigenvalue weighted by Gasteiger charge is -2.27. The first-order valence-electron chi connectivity index (χ1n) is 8.41. The summed E-state index contributed by atoms with van der Waals surface area (Å²) in [6, 6.07) is 9.36. The molecular formula is C17H19N7O2. The van der Waals surface area contributed by atoms with Crippen LogP contribution >= 0.6 is 0 Å². The van der Waals surface area contributed by atoms with Gasteiger partial charge in [0.2, 0.25) is 0 Å². The zero-order valence-electron chi connectivity index (χ0n) is 14.4. The number of aliphatic hydroxyl groups is 1. The van der Waals surface area contributed by atoms with Crippen molar-refractivity contribution in [2.75, 3.05) is 6.54 Å². The van der Waals surface area contributed by atoms with Crippen molar-refractivity contribution in [1.82, 2.24) is 34.9 Å². The van der Waals surface area contributed by atoms with Crippen LogP contribution in [0.1, 0.15) is 33.1 Å². The maximum Gasteiger partial charge on any atom is 0.254 e. The molecule has 1 aliphatic heterocycles. The lowest BCUT2D eigenvalue weighted by Crippen LogP contribution is -2.38. The van der Waals surface area contributed by atoms with Gasteiger partial charge in [0.1, 0.15) is 5.82 Å². The molecule has 3 aromatic rings. The van der Waals surface area contributed by atoms with E-state index in [-0.39, 0.29) is 12.5 Å². The summed E-state index contributed by atoms with van der Waals surface area (Å²) < 4.78 is 3.56. The van der Waals surface area contributed by atoms with E-state index in [0.29, 0.717) is 37.4 Å². The van der Waals surface area contributed by atoms with Crippen molar-refractivity contribution in [3.63, 3.8) is 0 Å². The molecule has 0 spiro atoms. The lowest BCUT2D eigenvalue weighted by molar-refractivity contribution is 0.0706. The molecule has 0 bridgehead atoms. The fourth-order valence-corrected chi connectivity index (χ4v) is 3.08. The Morgan fingerprint density at radius 1 is 1.23 bits per heavy atom. The van der Waals surface area contributed by atoms with E-state index in [2.05, 4.69) is 20.6 Å². The van der Waals surface area contributed by atoms with E-state index in [1.807, 2.05) is 41.9 Å². The van der Waals surface area contributed by atoms with Crippen molar-refractivity contribution in [1.29, 1.82) is 0 Å². The minimum Gasteiger partial charge on any atom is -0.390 e. The Balaban J connectivity index is 1.46. The second-order valence-electron chi connectivity index (χ2n) is 6.32. The highest BCUT2D eigenvalue weighted by Crippen LogP contribution is 2.17. The fraction of sp³-hybridized carbons (Fsp3) is 0.353. The number of hydrogen-bond donors (Lipinski definition) is 1. The highest BCUT2D eigenvalue weighted by molar-refractivity contribution is 5.94. The number of tetrazole rings is 1. The minimum atomic E-state index is -0.0871. The number of nitrogens with zero attached hydrogens (tertiary/aromatic N) is 7. The van der Waals surface area contributed by atoms with Gasteiger partial charge in [-0.3, -0.25) is 9.48 Å². The van der Waals surface area contributed by atoms with Gasteiger partial charge in [0, 0.05) is 12.1 Å². The van der Waals surface area contributed by atoms with Gasteiger partial charge in [0.05, 0.1) is 37.6 Å². The number of carbonyl (C=O) groups is 1. The van der Waals surface area contributed by atoms with Gasteiger partial charge in [-0.25, -0.2) is 4.68 Å². The molecule has 0 aliphatic carbocycles. The molecule has 0 unspecified atom stereocenters. The smallest absolute Gasteiger partial charge is 0.254 e. The van der Waals surface area contributed by atoms with E-state index in [9.17, 15) is 9.90 Å². The number of aryl methyl sites for hydroxylation is 1. The Labute approximate surface area is 149 Å². The minimum absolute atomic E-state index is 0.00634. The van der Waals surface area contributed by atoms with Crippen LogP contribution < -0.4 is 0 Å². The second-order valence-corrected chi connectivity index (χ2v) is 6.32. The van der Waals surface area contributed by atoms with Gasteiger partial charge in [0.25, 0.3) is 5.91 Å². The highest BCUT2D eigenvalue weighted by Gasteiger charge is 2.23. The lowest BCUT2D eigenvalue weighted by atomic mass is 10.1. The van der Waals surface area contributed by atoms with Crippen molar-refractivity contribution in [3.05, 3.63) is 58.7 Å². The molecule has 2 aromatic heterocycles. The van der Waals surface area contributed by atoms with Gasteiger partial charge in [0.15, 0.2) is 0 Å². The number of rotatable bonds is 4. The number of benzene rings is 1. The van der Waals surface area contributed by atoms with Crippen molar-refractivity contribution in [3.8, 4) is 0 Å². The number of carbonyl (C=O) groups excluding carboxylic acids is 1. The van der Waals surface area contributed by atoms with Crippen molar-refractivity contribution in [2.24, 2.45) is 0 Å². The molecule has 4 rings (SSSR count). The van der Waals surface area contributed by atoms with Gasteiger partial charge in [-0.15, -0.1) is 5.10 Å². The molecule has 9 nitrogen and oxygen atoms in total. The van der Waals surface area contributed by atoms with Gasteiger partial charge in [-0.1, -0.05) is 12.1 Å². The van der Waals surface area contributed by atoms with Crippen LogP contribution in [-0.2, 0) is 26.2 Å². The fourth-order valence-electron chi connectivity index (χ4n) is 3.08. The molecule has 1 amide bonds. The molecule has 0 radical (unpaired) electrons. The Kier molecular flexibility index (Phi) is 4.21. The van der Waals surface area contributed by atoms with Crippen LogP contribution in [0.25, 0.3) is 0 Å². The molecule has 3 heterocycles. The van der Waals surface area contributed by atoms with Crippen LogP contribution in [0.5, 0.6) is 0 Å². The largest absolute Gasteiger partial charge is 0.390 e. The van der Waals surface area contributed by atoms with Crippen LogP contribution in [0, 0.1) is 6.92 Å². The van der Waals surface area contributed by atoms with Gasteiger partial charge >= 0.3 is 0 Å². The predicted molar refractivity (Wildman–Crippen MR) is 91.0 cm³/mol. The zero-order valence-corrected chi connectivity index (χ0v) is 14.4. The maximum atomic E-state index is 12.8. The number of aromatic nitrogens is 6. The average Bonchev–Trinajstić information content (AvgIpc) is 3.27. The van der Waals surface area contributed by atoms with E-state index in [1.54, 1.807) is 9.58 Å². The normalized spacial score (nSPS) is 13.7. The van der Waals surface area contributed by atoms with Crippen molar-refractivity contribution in [2.45, 2.75) is 33.2 Å². The summed E-state index contributed by atoms with van der Waals surface area (Å²) in [5.74, 6) is 0.741. The van der Waals surface area contributed by atoms with Crippen LogP contribution in [0.2, 0.25) is 0 Å². The Morgan fingerprint density at radius 3 is 2.73 bits per heavy atom. The van der Waals surface area contributed by atoms with E-state index < -0.39 is 0 Å². The molecule has 1 N–H and O–H groups in total.